The number of esters is 1. The molecule has 1 heterocycles. The van der Waals surface area contributed by atoms with E-state index in [0.29, 0.717) is 23.7 Å². The Kier molecular flexibility index (Phi) is 7.95. The number of hydrogen-bond acceptors (Lipinski definition) is 3. The van der Waals surface area contributed by atoms with E-state index < -0.39 is 0 Å². The second-order valence-corrected chi connectivity index (χ2v) is 14.2. The van der Waals surface area contributed by atoms with Crippen molar-refractivity contribution in [2.45, 2.75) is 124 Å². The zero-order valence-electron chi connectivity index (χ0n) is 24.2. The summed E-state index contributed by atoms with van der Waals surface area (Å²) in [6.45, 7) is 12.6. The number of H-pyrrole nitrogens is 1. The molecule has 0 saturated heterocycles. The lowest BCUT2D eigenvalue weighted by molar-refractivity contribution is -0.151. The first-order valence-electron chi connectivity index (χ1n) is 15.6. The Morgan fingerprint density at radius 1 is 1.11 bits per heavy atom. The third-order valence-electron chi connectivity index (χ3n) is 11.7. The van der Waals surface area contributed by atoms with Crippen molar-refractivity contribution in [3.63, 3.8) is 0 Å². The average molecular weight is 509 g/mol. The van der Waals surface area contributed by atoms with Gasteiger partial charge in [0.15, 0.2) is 0 Å². The molecule has 3 fully saturated rings. The lowest BCUT2D eigenvalue weighted by Gasteiger charge is -2.58. The van der Waals surface area contributed by atoms with Gasteiger partial charge in [0.2, 0.25) is 0 Å². The number of imidazole rings is 1. The number of aromatic amines is 1. The summed E-state index contributed by atoms with van der Waals surface area (Å²) < 4.78 is 5.98. The molecule has 0 amide bonds. The van der Waals surface area contributed by atoms with E-state index in [2.05, 4.69) is 50.7 Å². The molecule has 8 atom stereocenters. The molecule has 0 aliphatic heterocycles. The van der Waals surface area contributed by atoms with E-state index >= 15 is 0 Å². The molecule has 3 unspecified atom stereocenters. The molecule has 0 aromatic carbocycles. The van der Waals surface area contributed by atoms with Crippen molar-refractivity contribution in [2.75, 3.05) is 0 Å². The number of nitrogens with one attached hydrogen (secondary N) is 1. The molecule has 1 aromatic heterocycles. The minimum absolute atomic E-state index is 0.0570. The monoisotopic (exact) mass is 508 g/mol. The number of aryl methyl sites for hydroxylation is 1. The van der Waals surface area contributed by atoms with E-state index in [4.69, 9.17) is 4.74 Å². The first kappa shape index (κ1) is 27.0. The van der Waals surface area contributed by atoms with Gasteiger partial charge in [0, 0.05) is 18.3 Å². The molecule has 0 spiro atoms. The van der Waals surface area contributed by atoms with E-state index in [-0.39, 0.29) is 12.1 Å². The van der Waals surface area contributed by atoms with Crippen LogP contribution >= 0.6 is 0 Å². The molecule has 4 aliphatic rings. The van der Waals surface area contributed by atoms with Crippen LogP contribution in [0, 0.1) is 46.3 Å². The molecule has 37 heavy (non-hydrogen) atoms. The molecule has 4 nitrogen and oxygen atoms in total. The molecule has 3 saturated carbocycles. The van der Waals surface area contributed by atoms with Gasteiger partial charge in [-0.1, -0.05) is 65.5 Å². The van der Waals surface area contributed by atoms with Crippen LogP contribution in [0.4, 0.5) is 0 Å². The maximum Gasteiger partial charge on any atom is 0.306 e. The van der Waals surface area contributed by atoms with Crippen molar-refractivity contribution in [2.24, 2.45) is 46.3 Å². The smallest absolute Gasteiger partial charge is 0.306 e. The SMILES string of the molecule is CC(C)CCC[C@@H](C)[C@H]1CCC2C3CC=C4C[C@@H](OC(=O)CCc5cnc[nH]5)CC[C@]4(C)C3CC[C@@]21C. The van der Waals surface area contributed by atoms with Crippen LogP contribution in [-0.4, -0.2) is 22.0 Å². The van der Waals surface area contributed by atoms with Crippen molar-refractivity contribution < 1.29 is 9.53 Å². The van der Waals surface area contributed by atoms with Gasteiger partial charge in [-0.05, 0) is 97.7 Å². The Balaban J connectivity index is 1.20. The molecular formula is C33H52N2O2. The van der Waals surface area contributed by atoms with E-state index in [0.717, 1.165) is 54.0 Å². The van der Waals surface area contributed by atoms with E-state index in [9.17, 15) is 4.79 Å². The summed E-state index contributed by atoms with van der Waals surface area (Å²) in [6.07, 6.45) is 21.6. The first-order chi connectivity index (χ1) is 17.7. The highest BCUT2D eigenvalue weighted by molar-refractivity contribution is 5.69. The molecule has 206 valence electrons. The minimum atomic E-state index is -0.0644. The number of rotatable bonds is 9. The van der Waals surface area contributed by atoms with Crippen molar-refractivity contribution in [1.29, 1.82) is 0 Å². The molecular weight excluding hydrogens is 456 g/mol. The average Bonchev–Trinajstić information content (AvgIpc) is 3.50. The van der Waals surface area contributed by atoms with Gasteiger partial charge in [0.05, 0.1) is 12.7 Å². The summed E-state index contributed by atoms with van der Waals surface area (Å²) in [7, 11) is 0. The zero-order chi connectivity index (χ0) is 26.2. The van der Waals surface area contributed by atoms with Crippen LogP contribution in [0.25, 0.3) is 0 Å². The number of allylic oxidation sites excluding steroid dienone is 1. The number of carbonyl (C=O) groups excluding carboxylic acids is 1. The maximum atomic E-state index is 12.5. The van der Waals surface area contributed by atoms with Crippen LogP contribution in [0.5, 0.6) is 0 Å². The molecule has 1 aromatic rings. The van der Waals surface area contributed by atoms with E-state index in [1.54, 1.807) is 18.1 Å². The third-order valence-corrected chi connectivity index (χ3v) is 11.7. The van der Waals surface area contributed by atoms with Crippen LogP contribution in [0.15, 0.2) is 24.2 Å². The van der Waals surface area contributed by atoms with Crippen molar-refractivity contribution >= 4 is 5.97 Å². The molecule has 5 rings (SSSR count). The maximum absolute atomic E-state index is 12.5. The Bertz CT molecular complexity index is 952. The van der Waals surface area contributed by atoms with Gasteiger partial charge in [-0.25, -0.2) is 4.98 Å². The Morgan fingerprint density at radius 2 is 1.95 bits per heavy atom. The Hall–Kier alpha value is -1.58. The quantitative estimate of drug-likeness (QED) is 0.270. The predicted molar refractivity (Wildman–Crippen MR) is 150 cm³/mol. The normalized spacial score (nSPS) is 37.9. The summed E-state index contributed by atoms with van der Waals surface area (Å²) in [6, 6.07) is 0. The van der Waals surface area contributed by atoms with Gasteiger partial charge < -0.3 is 9.72 Å². The fourth-order valence-electron chi connectivity index (χ4n) is 9.66. The number of nitrogens with zero attached hydrogens (tertiary/aromatic N) is 1. The second-order valence-electron chi connectivity index (χ2n) is 14.2. The summed E-state index contributed by atoms with van der Waals surface area (Å²) in [5.41, 5.74) is 3.45. The number of aromatic nitrogens is 2. The van der Waals surface area contributed by atoms with Gasteiger partial charge in [0.1, 0.15) is 6.10 Å². The fraction of sp³-hybridized carbons (Fsp3) is 0.818. The molecule has 1 N–H and O–H groups in total. The van der Waals surface area contributed by atoms with Crippen LogP contribution < -0.4 is 0 Å². The van der Waals surface area contributed by atoms with Crippen molar-refractivity contribution in [3.8, 4) is 0 Å². The summed E-state index contributed by atoms with van der Waals surface area (Å²) in [5.74, 6) is 5.13. The standard InChI is InChI=1S/C33H52N2O2/c1-22(2)7-6-8-23(3)28-12-13-29-27-11-9-24-19-26(37-31(36)14-10-25-20-34-21-35-25)15-17-32(24,4)30(27)16-18-33(28,29)5/h9,20-23,26-30H,6-8,10-19H2,1-5H3,(H,34,35)/t23-,26+,27?,28-,29?,30?,32+,33-/m1/s1. The summed E-state index contributed by atoms with van der Waals surface area (Å²) >= 11 is 0. The van der Waals surface area contributed by atoms with Crippen molar-refractivity contribution in [1.82, 2.24) is 9.97 Å². The molecule has 0 radical (unpaired) electrons. The number of ether oxygens (including phenoxy) is 1. The molecule has 4 aliphatic carbocycles. The Morgan fingerprint density at radius 3 is 2.70 bits per heavy atom. The van der Waals surface area contributed by atoms with Crippen LogP contribution in [0.2, 0.25) is 0 Å². The van der Waals surface area contributed by atoms with Gasteiger partial charge in [0.25, 0.3) is 0 Å². The van der Waals surface area contributed by atoms with Gasteiger partial charge >= 0.3 is 5.97 Å². The zero-order valence-corrected chi connectivity index (χ0v) is 24.2. The fourth-order valence-corrected chi connectivity index (χ4v) is 9.66. The minimum Gasteiger partial charge on any atom is -0.462 e. The molecule has 0 bridgehead atoms. The van der Waals surface area contributed by atoms with Crippen LogP contribution in [-0.2, 0) is 16.0 Å². The molecule has 4 heteroatoms. The van der Waals surface area contributed by atoms with Crippen LogP contribution in [0.3, 0.4) is 0 Å². The van der Waals surface area contributed by atoms with Crippen LogP contribution in [0.1, 0.15) is 117 Å². The van der Waals surface area contributed by atoms with Gasteiger partial charge in [-0.15, -0.1) is 0 Å². The van der Waals surface area contributed by atoms with E-state index in [1.807, 2.05) is 0 Å². The third kappa shape index (κ3) is 5.33. The number of fused-ring (bicyclic) bond motifs is 5. The number of carbonyl (C=O) groups is 1. The predicted octanol–water partition coefficient (Wildman–Crippen LogP) is 8.30. The second kappa shape index (κ2) is 10.9. The van der Waals surface area contributed by atoms with Crippen molar-refractivity contribution in [3.05, 3.63) is 29.9 Å². The van der Waals surface area contributed by atoms with Gasteiger partial charge in [-0.3, -0.25) is 4.79 Å². The largest absolute Gasteiger partial charge is 0.462 e. The van der Waals surface area contributed by atoms with E-state index in [1.165, 1.54) is 57.8 Å². The highest BCUT2D eigenvalue weighted by atomic mass is 16.5. The highest BCUT2D eigenvalue weighted by Crippen LogP contribution is 2.67. The first-order valence-corrected chi connectivity index (χ1v) is 15.6. The highest BCUT2D eigenvalue weighted by Gasteiger charge is 2.59. The number of hydrogen-bond donors (Lipinski definition) is 1. The summed E-state index contributed by atoms with van der Waals surface area (Å²) in [4.78, 5) is 19.7. The Labute approximate surface area is 225 Å². The summed E-state index contributed by atoms with van der Waals surface area (Å²) in [5, 5.41) is 0. The van der Waals surface area contributed by atoms with Gasteiger partial charge in [-0.2, -0.15) is 0 Å². The topological polar surface area (TPSA) is 55.0 Å². The lowest BCUT2D eigenvalue weighted by Crippen LogP contribution is -2.51. The lowest BCUT2D eigenvalue weighted by atomic mass is 9.47.